The first-order chi connectivity index (χ1) is 12.1. The summed E-state index contributed by atoms with van der Waals surface area (Å²) >= 11 is 0. The minimum Gasteiger partial charge on any atom is -0.495 e. The van der Waals surface area contributed by atoms with Crippen molar-refractivity contribution in [2.75, 3.05) is 25.6 Å². The van der Waals surface area contributed by atoms with Gasteiger partial charge in [-0.15, -0.1) is 0 Å². The molecule has 25 heavy (non-hydrogen) atoms. The van der Waals surface area contributed by atoms with E-state index in [0.717, 1.165) is 30.8 Å². The zero-order valence-corrected chi connectivity index (χ0v) is 15.0. The van der Waals surface area contributed by atoms with E-state index >= 15 is 0 Å². The van der Waals surface area contributed by atoms with Gasteiger partial charge in [-0.2, -0.15) is 0 Å². The van der Waals surface area contributed by atoms with Gasteiger partial charge in [0.05, 0.1) is 24.3 Å². The molecule has 4 nitrogen and oxygen atoms in total. The summed E-state index contributed by atoms with van der Waals surface area (Å²) in [6.07, 6.45) is 4.40. The molecule has 5 heterocycles. The van der Waals surface area contributed by atoms with Crippen LogP contribution < -0.4 is 9.64 Å². The number of methoxy groups -OCH3 is 1. The number of piperidine rings is 4. The maximum absolute atomic E-state index is 13.9. The number of likely N-dealkylation sites (N-methyl/N-ethyl adjacent to an activating group) is 1. The molecule has 1 aromatic rings. The summed E-state index contributed by atoms with van der Waals surface area (Å²) in [5.74, 6) is 2.09. The lowest BCUT2D eigenvalue weighted by atomic mass is 9.65. The molecule has 4 heteroatoms. The molecule has 0 aromatic heterocycles. The van der Waals surface area contributed by atoms with Gasteiger partial charge < -0.3 is 9.64 Å². The molecule has 1 saturated carbocycles. The van der Waals surface area contributed by atoms with E-state index in [2.05, 4.69) is 42.0 Å². The van der Waals surface area contributed by atoms with Crippen LogP contribution in [0.1, 0.15) is 25.3 Å². The third kappa shape index (κ3) is 1.31. The van der Waals surface area contributed by atoms with Crippen LogP contribution in [-0.2, 0) is 10.2 Å². The van der Waals surface area contributed by atoms with E-state index in [1.165, 1.54) is 11.1 Å². The van der Waals surface area contributed by atoms with Gasteiger partial charge in [0.15, 0.2) is 5.78 Å². The molecule has 5 fully saturated rings. The predicted octanol–water partition coefficient (Wildman–Crippen LogP) is 2.37. The van der Waals surface area contributed by atoms with E-state index in [0.29, 0.717) is 23.8 Å². The van der Waals surface area contributed by atoms with Crippen LogP contribution in [0.3, 0.4) is 0 Å². The number of fused-ring (bicyclic) bond motifs is 2. The number of ether oxygens (including phenoxy) is 1. The van der Waals surface area contributed by atoms with Crippen molar-refractivity contribution in [2.24, 2.45) is 11.8 Å². The standard InChI is InChI=1S/C21H24N2O2/c1-4-11-10-23-14-8-12(11)17-15(23)9-21(20(17)24)13-6-5-7-16(25-3)18(13)22(2)19(14)21/h4-7,12,14-15,17,19H,8-10H2,1-3H3. The molecular weight excluding hydrogens is 312 g/mol. The summed E-state index contributed by atoms with van der Waals surface area (Å²) in [6.45, 7) is 3.20. The summed E-state index contributed by atoms with van der Waals surface area (Å²) in [7, 11) is 3.91. The maximum Gasteiger partial charge on any atom is 0.150 e. The Morgan fingerprint density at radius 3 is 2.92 bits per heavy atom. The van der Waals surface area contributed by atoms with Crippen molar-refractivity contribution in [3.8, 4) is 5.75 Å². The zero-order valence-electron chi connectivity index (χ0n) is 15.0. The second-order valence-corrected chi connectivity index (χ2v) is 8.49. The van der Waals surface area contributed by atoms with Crippen molar-refractivity contribution in [1.29, 1.82) is 0 Å². The predicted molar refractivity (Wildman–Crippen MR) is 96.1 cm³/mol. The van der Waals surface area contributed by atoms with Crippen LogP contribution in [0, 0.1) is 11.8 Å². The number of carbonyl (C=O) groups is 1. The first-order valence-corrected chi connectivity index (χ1v) is 9.49. The van der Waals surface area contributed by atoms with Crippen LogP contribution in [-0.4, -0.2) is 49.5 Å². The molecule has 1 aliphatic carbocycles. The van der Waals surface area contributed by atoms with E-state index < -0.39 is 0 Å². The number of hydrogen-bond donors (Lipinski definition) is 0. The number of para-hydroxylation sites is 1. The van der Waals surface area contributed by atoms with Crippen molar-refractivity contribution in [1.82, 2.24) is 4.90 Å². The van der Waals surface area contributed by atoms with Gasteiger partial charge in [0.2, 0.25) is 0 Å². The molecule has 5 aliphatic heterocycles. The molecule has 0 amide bonds. The number of rotatable bonds is 1. The molecule has 0 radical (unpaired) electrons. The Kier molecular flexibility index (Phi) is 2.47. The topological polar surface area (TPSA) is 32.8 Å². The van der Waals surface area contributed by atoms with Crippen molar-refractivity contribution in [2.45, 2.75) is 43.3 Å². The Hall–Kier alpha value is -1.81. The number of ketones is 1. The Balaban J connectivity index is 1.62. The molecular formula is C21H24N2O2. The van der Waals surface area contributed by atoms with E-state index in [-0.39, 0.29) is 17.4 Å². The van der Waals surface area contributed by atoms with Crippen LogP contribution >= 0.6 is 0 Å². The quantitative estimate of drug-likeness (QED) is 0.737. The number of allylic oxidation sites excluding steroid dienone is 1. The Morgan fingerprint density at radius 1 is 1.32 bits per heavy atom. The number of benzene rings is 1. The van der Waals surface area contributed by atoms with Gasteiger partial charge in [0.25, 0.3) is 0 Å². The lowest BCUT2D eigenvalue weighted by Gasteiger charge is -2.58. The van der Waals surface area contributed by atoms with E-state index in [1.807, 2.05) is 6.07 Å². The largest absolute Gasteiger partial charge is 0.495 e. The van der Waals surface area contributed by atoms with Crippen molar-refractivity contribution in [3.63, 3.8) is 0 Å². The zero-order chi connectivity index (χ0) is 17.1. The molecule has 1 spiro atoms. The smallest absolute Gasteiger partial charge is 0.150 e. The van der Waals surface area contributed by atoms with E-state index in [4.69, 9.17) is 4.74 Å². The number of carbonyl (C=O) groups excluding carboxylic acids is 1. The van der Waals surface area contributed by atoms with Gasteiger partial charge in [0.1, 0.15) is 5.75 Å². The second-order valence-electron chi connectivity index (χ2n) is 8.49. The lowest BCUT2D eigenvalue weighted by Crippen LogP contribution is -2.68. The summed E-state index contributed by atoms with van der Waals surface area (Å²) < 4.78 is 5.67. The molecule has 6 aliphatic rings. The molecule has 1 aromatic carbocycles. The Morgan fingerprint density at radius 2 is 2.16 bits per heavy atom. The van der Waals surface area contributed by atoms with Crippen LogP contribution in [0.2, 0.25) is 0 Å². The number of hydrogen-bond acceptors (Lipinski definition) is 4. The summed E-state index contributed by atoms with van der Waals surface area (Å²) in [4.78, 5) is 18.9. The highest BCUT2D eigenvalue weighted by molar-refractivity contribution is 6.02. The van der Waals surface area contributed by atoms with Crippen LogP contribution in [0.15, 0.2) is 29.8 Å². The van der Waals surface area contributed by atoms with Gasteiger partial charge in [-0.3, -0.25) is 9.69 Å². The minimum absolute atomic E-state index is 0.201. The van der Waals surface area contributed by atoms with Crippen LogP contribution in [0.25, 0.3) is 0 Å². The van der Waals surface area contributed by atoms with Gasteiger partial charge in [-0.1, -0.05) is 23.8 Å². The maximum atomic E-state index is 13.9. The number of nitrogens with zero attached hydrogens (tertiary/aromatic N) is 2. The summed E-state index contributed by atoms with van der Waals surface area (Å²) in [6, 6.07) is 7.47. The third-order valence-electron chi connectivity index (χ3n) is 8.02. The molecule has 7 unspecified atom stereocenters. The lowest BCUT2D eigenvalue weighted by molar-refractivity contribution is -0.126. The number of Topliss-reactive ketones (excluding diaryl/α,β-unsaturated/α-hetero) is 1. The Labute approximate surface area is 148 Å². The van der Waals surface area contributed by atoms with Gasteiger partial charge >= 0.3 is 0 Å². The number of anilines is 1. The molecule has 4 saturated heterocycles. The fraction of sp³-hybridized carbons (Fsp3) is 0.571. The highest BCUT2D eigenvalue weighted by Crippen LogP contribution is 2.67. The van der Waals surface area contributed by atoms with Gasteiger partial charge in [-0.25, -0.2) is 0 Å². The van der Waals surface area contributed by atoms with Crippen LogP contribution in [0.5, 0.6) is 5.75 Å². The highest BCUT2D eigenvalue weighted by atomic mass is 16.5. The SMILES string of the molecule is CC=C1CN2C3CC45C(=O)C3C1CC2C4N(C)c1c(OC)cccc15. The van der Waals surface area contributed by atoms with Crippen LogP contribution in [0.4, 0.5) is 5.69 Å². The molecule has 7 atom stereocenters. The summed E-state index contributed by atoms with van der Waals surface area (Å²) in [5, 5.41) is 0. The monoisotopic (exact) mass is 336 g/mol. The Bertz CT molecular complexity index is 846. The average Bonchev–Trinajstić information content (AvgIpc) is 3.04. The summed E-state index contributed by atoms with van der Waals surface area (Å²) in [5.41, 5.74) is 3.56. The first kappa shape index (κ1) is 14.4. The van der Waals surface area contributed by atoms with Gasteiger partial charge in [-0.05, 0) is 37.3 Å². The van der Waals surface area contributed by atoms with E-state index in [9.17, 15) is 4.79 Å². The first-order valence-electron chi connectivity index (χ1n) is 9.49. The minimum atomic E-state index is -0.312. The molecule has 7 rings (SSSR count). The fourth-order valence-corrected chi connectivity index (χ4v) is 7.29. The van der Waals surface area contributed by atoms with Crippen molar-refractivity contribution in [3.05, 3.63) is 35.4 Å². The molecule has 0 N–H and O–H groups in total. The average molecular weight is 336 g/mol. The third-order valence-corrected chi connectivity index (χ3v) is 8.02. The van der Waals surface area contributed by atoms with Crippen molar-refractivity contribution < 1.29 is 9.53 Å². The second kappa shape index (κ2) is 4.29. The normalized spacial score (nSPS) is 46.8. The molecule has 130 valence electrons. The fourth-order valence-electron chi connectivity index (χ4n) is 7.29. The van der Waals surface area contributed by atoms with Crippen molar-refractivity contribution >= 4 is 11.5 Å². The molecule has 5 bridgehead atoms. The van der Waals surface area contributed by atoms with E-state index in [1.54, 1.807) is 7.11 Å². The van der Waals surface area contributed by atoms with Gasteiger partial charge in [0, 0.05) is 31.6 Å². The highest BCUT2D eigenvalue weighted by Gasteiger charge is 2.74.